The van der Waals surface area contributed by atoms with Gasteiger partial charge in [-0.25, -0.2) is 4.98 Å². The number of thiazole rings is 1. The zero-order valence-corrected chi connectivity index (χ0v) is 16.5. The summed E-state index contributed by atoms with van der Waals surface area (Å²) in [4.78, 5) is 19.3. The fourth-order valence-electron chi connectivity index (χ4n) is 2.73. The van der Waals surface area contributed by atoms with Crippen molar-refractivity contribution in [3.63, 3.8) is 0 Å². The summed E-state index contributed by atoms with van der Waals surface area (Å²) >= 11 is 1.51. The van der Waals surface area contributed by atoms with Crippen LogP contribution in [0.3, 0.4) is 0 Å². The van der Waals surface area contributed by atoms with E-state index in [9.17, 15) is 4.79 Å². The van der Waals surface area contributed by atoms with E-state index in [4.69, 9.17) is 9.47 Å². The van der Waals surface area contributed by atoms with Crippen LogP contribution in [0.4, 0.5) is 5.13 Å². The van der Waals surface area contributed by atoms with Crippen molar-refractivity contribution in [1.82, 2.24) is 4.98 Å². The Morgan fingerprint density at radius 1 is 1.11 bits per heavy atom. The van der Waals surface area contributed by atoms with Crippen LogP contribution in [-0.2, 0) is 16.1 Å². The normalized spacial score (nSPS) is 10.9. The number of benzene rings is 2. The van der Waals surface area contributed by atoms with Crippen molar-refractivity contribution in [3.8, 4) is 5.75 Å². The Kier molecular flexibility index (Phi) is 6.79. The maximum Gasteiger partial charge on any atom is 0.231 e. The number of amides is 1. The highest BCUT2D eigenvalue weighted by Crippen LogP contribution is 2.32. The van der Waals surface area contributed by atoms with Gasteiger partial charge >= 0.3 is 0 Å². The molecule has 3 aromatic rings. The zero-order valence-electron chi connectivity index (χ0n) is 15.7. The van der Waals surface area contributed by atoms with Gasteiger partial charge in [-0.05, 0) is 37.6 Å². The minimum absolute atomic E-state index is 0.0105. The van der Waals surface area contributed by atoms with E-state index >= 15 is 0 Å². The summed E-state index contributed by atoms with van der Waals surface area (Å²) in [5, 5.41) is 0.698. The molecule has 0 atom stereocenters. The second-order valence-electron chi connectivity index (χ2n) is 5.97. The highest BCUT2D eigenvalue weighted by atomic mass is 32.1. The van der Waals surface area contributed by atoms with Gasteiger partial charge in [0.1, 0.15) is 5.75 Å². The Hall–Kier alpha value is -2.44. The first kappa shape index (κ1) is 19.3. The number of rotatable bonds is 9. The Bertz CT molecular complexity index is 880. The predicted molar refractivity (Wildman–Crippen MR) is 110 cm³/mol. The van der Waals surface area contributed by atoms with E-state index in [2.05, 4.69) is 4.98 Å². The third-order valence-electron chi connectivity index (χ3n) is 4.04. The highest BCUT2D eigenvalue weighted by molar-refractivity contribution is 7.22. The molecule has 0 unspecified atom stereocenters. The van der Waals surface area contributed by atoms with Crippen molar-refractivity contribution >= 4 is 32.6 Å². The second kappa shape index (κ2) is 9.48. The van der Waals surface area contributed by atoms with Gasteiger partial charge in [0, 0.05) is 6.61 Å². The topological polar surface area (TPSA) is 51.7 Å². The van der Waals surface area contributed by atoms with Gasteiger partial charge in [0.25, 0.3) is 0 Å². The van der Waals surface area contributed by atoms with Crippen molar-refractivity contribution in [2.24, 2.45) is 0 Å². The standard InChI is InChI=1S/C21H24N2O3S/c1-3-25-13-12-20(24)23(15-16-8-6-5-7-9-16)21-22-18-11-10-17(26-4-2)14-19(18)27-21/h5-11,14H,3-4,12-13,15H2,1-2H3. The van der Waals surface area contributed by atoms with Crippen molar-refractivity contribution in [2.75, 3.05) is 24.7 Å². The third-order valence-corrected chi connectivity index (χ3v) is 5.08. The first-order valence-corrected chi connectivity index (χ1v) is 9.98. The first-order valence-electron chi connectivity index (χ1n) is 9.16. The first-order chi connectivity index (χ1) is 13.2. The quantitative estimate of drug-likeness (QED) is 0.504. The lowest BCUT2D eigenvalue weighted by Gasteiger charge is -2.20. The molecule has 1 heterocycles. The summed E-state index contributed by atoms with van der Waals surface area (Å²) in [5.74, 6) is 0.828. The summed E-state index contributed by atoms with van der Waals surface area (Å²) < 4.78 is 11.9. The minimum Gasteiger partial charge on any atom is -0.494 e. The van der Waals surface area contributed by atoms with Crippen LogP contribution in [0, 0.1) is 0 Å². The van der Waals surface area contributed by atoms with Crippen LogP contribution in [0.5, 0.6) is 5.75 Å². The number of hydrogen-bond donors (Lipinski definition) is 0. The van der Waals surface area contributed by atoms with Gasteiger partial charge in [-0.2, -0.15) is 0 Å². The van der Waals surface area contributed by atoms with Crippen molar-refractivity contribution in [1.29, 1.82) is 0 Å². The summed E-state index contributed by atoms with van der Waals surface area (Å²) in [6, 6.07) is 15.8. The molecule has 0 aliphatic rings. The third kappa shape index (κ3) is 5.05. The van der Waals surface area contributed by atoms with Crippen molar-refractivity contribution in [3.05, 3.63) is 54.1 Å². The van der Waals surface area contributed by atoms with Crippen LogP contribution in [0.25, 0.3) is 10.2 Å². The summed E-state index contributed by atoms with van der Waals surface area (Å²) in [7, 11) is 0. The molecule has 0 aliphatic heterocycles. The van der Waals surface area contributed by atoms with E-state index in [1.807, 2.05) is 62.4 Å². The molecule has 0 spiro atoms. The lowest BCUT2D eigenvalue weighted by Crippen LogP contribution is -2.31. The lowest BCUT2D eigenvalue weighted by molar-refractivity contribution is -0.119. The van der Waals surface area contributed by atoms with Gasteiger partial charge in [0.15, 0.2) is 5.13 Å². The molecular weight excluding hydrogens is 360 g/mol. The number of hydrogen-bond acceptors (Lipinski definition) is 5. The van der Waals surface area contributed by atoms with E-state index in [1.165, 1.54) is 11.3 Å². The fraction of sp³-hybridized carbons (Fsp3) is 0.333. The maximum atomic E-state index is 12.9. The van der Waals surface area contributed by atoms with Gasteiger partial charge in [-0.3, -0.25) is 9.69 Å². The Balaban J connectivity index is 1.88. The molecular formula is C21H24N2O3S. The average molecular weight is 385 g/mol. The van der Waals surface area contributed by atoms with E-state index in [1.54, 1.807) is 4.90 Å². The molecule has 0 fully saturated rings. The second-order valence-corrected chi connectivity index (χ2v) is 6.98. The van der Waals surface area contributed by atoms with E-state index in [0.717, 1.165) is 21.5 Å². The molecule has 0 N–H and O–H groups in total. The van der Waals surface area contributed by atoms with Crippen LogP contribution in [0.1, 0.15) is 25.8 Å². The van der Waals surface area contributed by atoms with Crippen LogP contribution in [-0.4, -0.2) is 30.7 Å². The number of ether oxygens (including phenoxy) is 2. The molecule has 142 valence electrons. The predicted octanol–water partition coefficient (Wildman–Crippen LogP) is 4.65. The van der Waals surface area contributed by atoms with Crippen molar-refractivity contribution < 1.29 is 14.3 Å². The van der Waals surface area contributed by atoms with Gasteiger partial charge in [-0.1, -0.05) is 41.7 Å². The molecule has 6 heteroatoms. The highest BCUT2D eigenvalue weighted by Gasteiger charge is 2.20. The molecule has 1 aromatic heterocycles. The Labute approximate surface area is 163 Å². The minimum atomic E-state index is 0.0105. The number of nitrogens with zero attached hydrogens (tertiary/aromatic N) is 2. The largest absolute Gasteiger partial charge is 0.494 e. The zero-order chi connectivity index (χ0) is 19.1. The number of carbonyl (C=O) groups excluding carboxylic acids is 1. The molecule has 0 saturated heterocycles. The molecule has 0 bridgehead atoms. The van der Waals surface area contributed by atoms with E-state index < -0.39 is 0 Å². The van der Waals surface area contributed by atoms with Gasteiger partial charge in [0.2, 0.25) is 5.91 Å². The van der Waals surface area contributed by atoms with Crippen LogP contribution in [0.2, 0.25) is 0 Å². The smallest absolute Gasteiger partial charge is 0.231 e. The lowest BCUT2D eigenvalue weighted by atomic mass is 10.2. The van der Waals surface area contributed by atoms with Crippen molar-refractivity contribution in [2.45, 2.75) is 26.8 Å². The van der Waals surface area contributed by atoms with Gasteiger partial charge in [-0.15, -0.1) is 0 Å². The van der Waals surface area contributed by atoms with Crippen LogP contribution in [0.15, 0.2) is 48.5 Å². The monoisotopic (exact) mass is 384 g/mol. The summed E-state index contributed by atoms with van der Waals surface area (Å²) in [6.07, 6.45) is 0.334. The molecule has 0 radical (unpaired) electrons. The molecule has 3 rings (SSSR count). The Morgan fingerprint density at radius 3 is 2.67 bits per heavy atom. The molecule has 2 aromatic carbocycles. The van der Waals surface area contributed by atoms with Crippen LogP contribution < -0.4 is 9.64 Å². The van der Waals surface area contributed by atoms with E-state index in [-0.39, 0.29) is 5.91 Å². The molecule has 0 aliphatic carbocycles. The Morgan fingerprint density at radius 2 is 1.93 bits per heavy atom. The number of carbonyl (C=O) groups is 1. The molecule has 27 heavy (non-hydrogen) atoms. The molecule has 1 amide bonds. The summed E-state index contributed by atoms with van der Waals surface area (Å²) in [5.41, 5.74) is 1.94. The number of fused-ring (bicyclic) bond motifs is 1. The van der Waals surface area contributed by atoms with Gasteiger partial charge in [0.05, 0.1) is 36.4 Å². The SMILES string of the molecule is CCOCCC(=O)N(Cc1ccccc1)c1nc2ccc(OCC)cc2s1. The number of aromatic nitrogens is 1. The summed E-state index contributed by atoms with van der Waals surface area (Å²) in [6.45, 7) is 6.01. The fourth-order valence-corrected chi connectivity index (χ4v) is 3.74. The molecule has 0 saturated carbocycles. The molecule has 5 nitrogen and oxygen atoms in total. The maximum absolute atomic E-state index is 12.9. The number of anilines is 1. The van der Waals surface area contributed by atoms with Gasteiger partial charge < -0.3 is 9.47 Å². The van der Waals surface area contributed by atoms with Crippen LogP contribution >= 0.6 is 11.3 Å². The van der Waals surface area contributed by atoms with E-state index in [0.29, 0.717) is 37.9 Å². The average Bonchev–Trinajstić information content (AvgIpc) is 3.10.